The summed E-state index contributed by atoms with van der Waals surface area (Å²) in [7, 11) is 0. The van der Waals surface area contributed by atoms with E-state index in [1.807, 2.05) is 0 Å². The Labute approximate surface area is 78.1 Å². The molecule has 0 aliphatic heterocycles. The summed E-state index contributed by atoms with van der Waals surface area (Å²) in [6.45, 7) is 13.7. The van der Waals surface area contributed by atoms with Gasteiger partial charge in [0.15, 0.2) is 0 Å². The van der Waals surface area contributed by atoms with Crippen LogP contribution in [0.2, 0.25) is 0 Å². The first-order valence-electron chi connectivity index (χ1n) is 5.10. The van der Waals surface area contributed by atoms with Gasteiger partial charge in [0.05, 0.1) is 0 Å². The summed E-state index contributed by atoms with van der Waals surface area (Å²) in [4.78, 5) is 0. The van der Waals surface area contributed by atoms with Gasteiger partial charge in [0.2, 0.25) is 0 Å². The molecule has 0 bridgehead atoms. The lowest BCUT2D eigenvalue weighted by atomic mass is 9.83. The van der Waals surface area contributed by atoms with Gasteiger partial charge in [0, 0.05) is 0 Å². The SMILES string of the molecule is C/C=C(/C)CC(C)C(C)C(C)C. The van der Waals surface area contributed by atoms with Crippen LogP contribution in [0.15, 0.2) is 11.6 Å². The van der Waals surface area contributed by atoms with Crippen LogP contribution >= 0.6 is 0 Å². The fourth-order valence-electron chi connectivity index (χ4n) is 1.47. The van der Waals surface area contributed by atoms with Gasteiger partial charge >= 0.3 is 0 Å². The Bertz CT molecular complexity index is 142. The molecule has 0 spiro atoms. The molecule has 2 unspecified atom stereocenters. The summed E-state index contributed by atoms with van der Waals surface area (Å²) in [5.41, 5.74) is 1.52. The van der Waals surface area contributed by atoms with Crippen molar-refractivity contribution in [1.29, 1.82) is 0 Å². The summed E-state index contributed by atoms with van der Waals surface area (Å²) < 4.78 is 0. The van der Waals surface area contributed by atoms with Crippen LogP contribution in [0.1, 0.15) is 48.0 Å². The van der Waals surface area contributed by atoms with E-state index in [1.165, 1.54) is 12.0 Å². The predicted molar refractivity (Wildman–Crippen MR) is 57.2 cm³/mol. The third-order valence-corrected chi connectivity index (χ3v) is 3.09. The average molecular weight is 168 g/mol. The van der Waals surface area contributed by atoms with Crippen molar-refractivity contribution < 1.29 is 0 Å². The standard InChI is InChI=1S/C12H24/c1-7-10(4)8-11(5)12(6)9(2)3/h7,9,11-12H,8H2,1-6H3/b10-7-. The lowest BCUT2D eigenvalue weighted by Gasteiger charge is -2.23. The average Bonchev–Trinajstić information content (AvgIpc) is 2.02. The van der Waals surface area contributed by atoms with Crippen molar-refractivity contribution >= 4 is 0 Å². The third kappa shape index (κ3) is 3.94. The predicted octanol–water partition coefficient (Wildman–Crippen LogP) is 4.27. The highest BCUT2D eigenvalue weighted by Gasteiger charge is 2.15. The monoisotopic (exact) mass is 168 g/mol. The minimum absolute atomic E-state index is 0.810. The molecule has 0 aromatic heterocycles. The Morgan fingerprint density at radius 3 is 2.00 bits per heavy atom. The molecule has 12 heavy (non-hydrogen) atoms. The molecule has 0 aliphatic carbocycles. The molecule has 0 fully saturated rings. The number of hydrogen-bond donors (Lipinski definition) is 0. The van der Waals surface area contributed by atoms with Crippen molar-refractivity contribution in [1.82, 2.24) is 0 Å². The minimum Gasteiger partial charge on any atom is -0.0887 e. The maximum atomic E-state index is 2.36. The molecule has 2 atom stereocenters. The van der Waals surface area contributed by atoms with E-state index in [2.05, 4.69) is 47.6 Å². The van der Waals surface area contributed by atoms with Crippen LogP contribution in [0.3, 0.4) is 0 Å². The van der Waals surface area contributed by atoms with E-state index >= 15 is 0 Å². The van der Waals surface area contributed by atoms with Gasteiger partial charge in [-0.25, -0.2) is 0 Å². The smallest absolute Gasteiger partial charge is 0.0295 e. The van der Waals surface area contributed by atoms with E-state index in [4.69, 9.17) is 0 Å². The molecular weight excluding hydrogens is 144 g/mol. The van der Waals surface area contributed by atoms with Crippen LogP contribution < -0.4 is 0 Å². The van der Waals surface area contributed by atoms with Crippen molar-refractivity contribution in [3.8, 4) is 0 Å². The number of allylic oxidation sites excluding steroid dienone is 2. The van der Waals surface area contributed by atoms with Crippen LogP contribution in [-0.2, 0) is 0 Å². The Hall–Kier alpha value is -0.260. The van der Waals surface area contributed by atoms with Crippen LogP contribution in [0.25, 0.3) is 0 Å². The molecule has 0 aromatic rings. The third-order valence-electron chi connectivity index (χ3n) is 3.09. The molecule has 0 amide bonds. The second-order valence-electron chi connectivity index (χ2n) is 4.42. The second-order valence-corrected chi connectivity index (χ2v) is 4.42. The van der Waals surface area contributed by atoms with Gasteiger partial charge in [-0.2, -0.15) is 0 Å². The Morgan fingerprint density at radius 2 is 1.67 bits per heavy atom. The maximum Gasteiger partial charge on any atom is -0.0295 e. The highest BCUT2D eigenvalue weighted by Crippen LogP contribution is 2.25. The van der Waals surface area contributed by atoms with Crippen molar-refractivity contribution in [2.45, 2.75) is 48.0 Å². The van der Waals surface area contributed by atoms with E-state index in [0.717, 1.165) is 17.8 Å². The first-order chi connectivity index (χ1) is 5.49. The van der Waals surface area contributed by atoms with Crippen molar-refractivity contribution in [3.05, 3.63) is 11.6 Å². The van der Waals surface area contributed by atoms with Gasteiger partial charge in [0.25, 0.3) is 0 Å². The molecule has 0 aromatic carbocycles. The van der Waals surface area contributed by atoms with Crippen molar-refractivity contribution in [2.75, 3.05) is 0 Å². The molecule has 0 aliphatic rings. The first kappa shape index (κ1) is 11.7. The second kappa shape index (κ2) is 5.40. The topological polar surface area (TPSA) is 0 Å². The summed E-state index contributed by atoms with van der Waals surface area (Å²) in [5.74, 6) is 2.46. The molecule has 0 saturated heterocycles. The lowest BCUT2D eigenvalue weighted by molar-refractivity contribution is 0.294. The summed E-state index contributed by atoms with van der Waals surface area (Å²) in [6, 6.07) is 0. The highest BCUT2D eigenvalue weighted by atomic mass is 14.2. The highest BCUT2D eigenvalue weighted by molar-refractivity contribution is 4.97. The fraction of sp³-hybridized carbons (Fsp3) is 0.833. The molecular formula is C12H24. The Kier molecular flexibility index (Phi) is 5.28. The minimum atomic E-state index is 0.810. The Morgan fingerprint density at radius 1 is 1.17 bits per heavy atom. The van der Waals surface area contributed by atoms with Gasteiger partial charge in [-0.15, -0.1) is 0 Å². The zero-order valence-electron chi connectivity index (χ0n) is 9.52. The molecule has 0 nitrogen and oxygen atoms in total. The quantitative estimate of drug-likeness (QED) is 0.550. The summed E-state index contributed by atoms with van der Waals surface area (Å²) in [6.07, 6.45) is 3.49. The normalized spacial score (nSPS) is 18.1. The molecule has 0 N–H and O–H groups in total. The molecule has 0 heterocycles. The van der Waals surface area contributed by atoms with Gasteiger partial charge in [-0.1, -0.05) is 39.3 Å². The number of hydrogen-bond acceptors (Lipinski definition) is 0. The molecule has 0 rings (SSSR count). The van der Waals surface area contributed by atoms with E-state index in [1.54, 1.807) is 0 Å². The number of rotatable bonds is 4. The molecule has 72 valence electrons. The Balaban J connectivity index is 3.95. The van der Waals surface area contributed by atoms with E-state index < -0.39 is 0 Å². The van der Waals surface area contributed by atoms with Crippen molar-refractivity contribution in [3.63, 3.8) is 0 Å². The molecule has 0 saturated carbocycles. The van der Waals surface area contributed by atoms with Crippen molar-refractivity contribution in [2.24, 2.45) is 17.8 Å². The largest absolute Gasteiger partial charge is 0.0887 e. The lowest BCUT2D eigenvalue weighted by Crippen LogP contribution is -2.14. The molecule has 0 heteroatoms. The summed E-state index contributed by atoms with van der Waals surface area (Å²) in [5, 5.41) is 0. The maximum absolute atomic E-state index is 2.36. The summed E-state index contributed by atoms with van der Waals surface area (Å²) >= 11 is 0. The van der Waals surface area contributed by atoms with Crippen LogP contribution in [0.4, 0.5) is 0 Å². The van der Waals surface area contributed by atoms with E-state index in [9.17, 15) is 0 Å². The van der Waals surface area contributed by atoms with E-state index in [-0.39, 0.29) is 0 Å². The zero-order chi connectivity index (χ0) is 9.72. The van der Waals surface area contributed by atoms with Gasteiger partial charge in [-0.05, 0) is 38.0 Å². The zero-order valence-corrected chi connectivity index (χ0v) is 9.52. The van der Waals surface area contributed by atoms with Gasteiger partial charge in [0.1, 0.15) is 0 Å². The van der Waals surface area contributed by atoms with E-state index in [0.29, 0.717) is 0 Å². The van der Waals surface area contributed by atoms with Gasteiger partial charge in [-0.3, -0.25) is 0 Å². The van der Waals surface area contributed by atoms with Crippen LogP contribution in [-0.4, -0.2) is 0 Å². The van der Waals surface area contributed by atoms with Crippen LogP contribution in [0, 0.1) is 17.8 Å². The first-order valence-corrected chi connectivity index (χ1v) is 5.10. The molecule has 0 radical (unpaired) electrons. The fourth-order valence-corrected chi connectivity index (χ4v) is 1.47. The van der Waals surface area contributed by atoms with Crippen LogP contribution in [0.5, 0.6) is 0 Å². The van der Waals surface area contributed by atoms with Gasteiger partial charge < -0.3 is 0 Å².